The van der Waals surface area contributed by atoms with E-state index in [2.05, 4.69) is 15.3 Å². The highest BCUT2D eigenvalue weighted by Crippen LogP contribution is 2.31. The highest BCUT2D eigenvalue weighted by atomic mass is 32.2. The van der Waals surface area contributed by atoms with Gasteiger partial charge in [0, 0.05) is 24.8 Å². The Labute approximate surface area is 156 Å². The molecular formula is C19H20N4O2S. The number of pyridine rings is 1. The lowest BCUT2D eigenvalue weighted by atomic mass is 10.2. The van der Waals surface area contributed by atoms with E-state index in [4.69, 9.17) is 0 Å². The Hall–Kier alpha value is -2.67. The molecule has 2 aromatic rings. The molecule has 26 heavy (non-hydrogen) atoms. The maximum Gasteiger partial charge on any atom is 0.242 e. The fourth-order valence-corrected chi connectivity index (χ4v) is 3.76. The third-order valence-corrected chi connectivity index (χ3v) is 5.08. The van der Waals surface area contributed by atoms with Crippen LogP contribution in [0.5, 0.6) is 0 Å². The van der Waals surface area contributed by atoms with E-state index in [9.17, 15) is 9.59 Å². The zero-order chi connectivity index (χ0) is 18.5. The number of aliphatic imine (C=N–C) groups is 1. The van der Waals surface area contributed by atoms with Crippen molar-refractivity contribution in [3.8, 4) is 0 Å². The van der Waals surface area contributed by atoms with Crippen molar-refractivity contribution in [1.29, 1.82) is 0 Å². The van der Waals surface area contributed by atoms with Crippen LogP contribution in [-0.2, 0) is 9.59 Å². The number of thioether (sulfide) groups is 1. The van der Waals surface area contributed by atoms with Gasteiger partial charge in [-0.1, -0.05) is 35.5 Å². The van der Waals surface area contributed by atoms with E-state index in [0.29, 0.717) is 17.5 Å². The first kappa shape index (κ1) is 18.1. The summed E-state index contributed by atoms with van der Waals surface area (Å²) in [5.41, 5.74) is 1.85. The lowest BCUT2D eigenvalue weighted by Gasteiger charge is -2.13. The maximum atomic E-state index is 12.6. The molecule has 0 spiro atoms. The van der Waals surface area contributed by atoms with Gasteiger partial charge < -0.3 is 5.32 Å². The fourth-order valence-electron chi connectivity index (χ4n) is 2.55. The van der Waals surface area contributed by atoms with E-state index in [0.717, 1.165) is 11.3 Å². The number of carbonyl (C=O) groups excluding carboxylic acids is 2. The molecule has 1 saturated heterocycles. The molecule has 1 fully saturated rings. The number of nitrogens with one attached hydrogen (secondary N) is 1. The van der Waals surface area contributed by atoms with Gasteiger partial charge in [0.15, 0.2) is 11.0 Å². The summed E-state index contributed by atoms with van der Waals surface area (Å²) < 4.78 is 0. The molecule has 7 heteroatoms. The van der Waals surface area contributed by atoms with Gasteiger partial charge in [-0.2, -0.15) is 0 Å². The second-order valence-electron chi connectivity index (χ2n) is 5.89. The standard InChI is InChI=1S/C19H20N4O2S/c1-3-23-18(25)15(26-19(23)22-16-6-4-5-11-20-16)12-17(24)21-14-9-7-13(2)8-10-14/h4-11,15H,3,12H2,1-2H3,(H,21,24). The smallest absolute Gasteiger partial charge is 0.242 e. The number of aromatic nitrogens is 1. The third kappa shape index (κ3) is 4.29. The molecule has 1 aliphatic heterocycles. The van der Waals surface area contributed by atoms with Crippen LogP contribution in [0, 0.1) is 6.92 Å². The zero-order valence-electron chi connectivity index (χ0n) is 14.7. The topological polar surface area (TPSA) is 74.7 Å². The average Bonchev–Trinajstić information content (AvgIpc) is 2.92. The number of hydrogen-bond acceptors (Lipinski definition) is 5. The van der Waals surface area contributed by atoms with Crippen LogP contribution in [0.15, 0.2) is 53.7 Å². The Kier molecular flexibility index (Phi) is 5.68. The summed E-state index contributed by atoms with van der Waals surface area (Å²) in [6, 6.07) is 13.0. The van der Waals surface area contributed by atoms with Gasteiger partial charge in [0.2, 0.25) is 11.8 Å². The van der Waals surface area contributed by atoms with Crippen LogP contribution < -0.4 is 5.32 Å². The van der Waals surface area contributed by atoms with Crippen LogP contribution in [-0.4, -0.2) is 38.7 Å². The molecule has 1 aromatic heterocycles. The zero-order valence-corrected chi connectivity index (χ0v) is 15.5. The first-order chi connectivity index (χ1) is 12.6. The summed E-state index contributed by atoms with van der Waals surface area (Å²) in [5, 5.41) is 2.96. The molecule has 0 bridgehead atoms. The number of benzene rings is 1. The first-order valence-electron chi connectivity index (χ1n) is 8.41. The predicted molar refractivity (Wildman–Crippen MR) is 105 cm³/mol. The van der Waals surface area contributed by atoms with Crippen LogP contribution >= 0.6 is 11.8 Å². The summed E-state index contributed by atoms with van der Waals surface area (Å²) >= 11 is 1.31. The van der Waals surface area contributed by atoms with Crippen molar-refractivity contribution in [3.63, 3.8) is 0 Å². The number of amides is 2. The highest BCUT2D eigenvalue weighted by molar-refractivity contribution is 8.15. The van der Waals surface area contributed by atoms with Crippen molar-refractivity contribution in [2.45, 2.75) is 25.5 Å². The molecule has 2 heterocycles. The number of hydrogen-bond donors (Lipinski definition) is 1. The van der Waals surface area contributed by atoms with E-state index >= 15 is 0 Å². The normalized spacial score (nSPS) is 18.4. The molecule has 2 amide bonds. The monoisotopic (exact) mass is 368 g/mol. The Morgan fingerprint density at radius 1 is 1.27 bits per heavy atom. The number of anilines is 1. The van der Waals surface area contributed by atoms with Gasteiger partial charge in [-0.3, -0.25) is 14.5 Å². The van der Waals surface area contributed by atoms with Crippen molar-refractivity contribution in [2.75, 3.05) is 11.9 Å². The molecule has 3 rings (SSSR count). The van der Waals surface area contributed by atoms with E-state index < -0.39 is 5.25 Å². The Morgan fingerprint density at radius 2 is 2.04 bits per heavy atom. The number of amidine groups is 1. The van der Waals surface area contributed by atoms with Crippen molar-refractivity contribution in [1.82, 2.24) is 9.88 Å². The summed E-state index contributed by atoms with van der Waals surface area (Å²) in [6.07, 6.45) is 1.76. The molecule has 1 aromatic carbocycles. The van der Waals surface area contributed by atoms with Crippen molar-refractivity contribution in [3.05, 3.63) is 54.2 Å². The van der Waals surface area contributed by atoms with Crippen LogP contribution in [0.1, 0.15) is 18.9 Å². The first-order valence-corrected chi connectivity index (χ1v) is 9.29. The van der Waals surface area contributed by atoms with Gasteiger partial charge in [0.25, 0.3) is 0 Å². The quantitative estimate of drug-likeness (QED) is 0.878. The Balaban J connectivity index is 1.68. The second-order valence-corrected chi connectivity index (χ2v) is 7.06. The molecule has 0 aliphatic carbocycles. The largest absolute Gasteiger partial charge is 0.326 e. The summed E-state index contributed by atoms with van der Waals surface area (Å²) in [5.74, 6) is 0.270. The summed E-state index contributed by atoms with van der Waals surface area (Å²) in [7, 11) is 0. The predicted octanol–water partition coefficient (Wildman–Crippen LogP) is 3.37. The minimum atomic E-state index is -0.470. The van der Waals surface area contributed by atoms with Crippen LogP contribution in [0.4, 0.5) is 11.5 Å². The maximum absolute atomic E-state index is 12.6. The number of nitrogens with zero attached hydrogens (tertiary/aromatic N) is 3. The Bertz CT molecular complexity index is 821. The van der Waals surface area contributed by atoms with E-state index in [1.807, 2.05) is 50.2 Å². The molecule has 0 radical (unpaired) electrons. The van der Waals surface area contributed by atoms with Gasteiger partial charge >= 0.3 is 0 Å². The lowest BCUT2D eigenvalue weighted by Crippen LogP contribution is -2.33. The number of aryl methyl sites for hydroxylation is 1. The highest BCUT2D eigenvalue weighted by Gasteiger charge is 2.38. The van der Waals surface area contributed by atoms with Gasteiger partial charge in [-0.05, 0) is 38.1 Å². The third-order valence-electron chi connectivity index (χ3n) is 3.90. The fraction of sp³-hybridized carbons (Fsp3) is 0.263. The number of carbonyl (C=O) groups is 2. The van der Waals surface area contributed by atoms with Crippen molar-refractivity contribution < 1.29 is 9.59 Å². The van der Waals surface area contributed by atoms with E-state index in [1.54, 1.807) is 17.2 Å². The second kappa shape index (κ2) is 8.14. The van der Waals surface area contributed by atoms with Crippen molar-refractivity contribution >= 4 is 40.2 Å². The summed E-state index contributed by atoms with van der Waals surface area (Å²) in [6.45, 7) is 4.38. The molecule has 1 atom stereocenters. The van der Waals surface area contributed by atoms with Gasteiger partial charge in [-0.25, -0.2) is 9.98 Å². The molecule has 0 saturated carbocycles. The summed E-state index contributed by atoms with van der Waals surface area (Å²) in [4.78, 5) is 35.1. The van der Waals surface area contributed by atoms with Crippen LogP contribution in [0.25, 0.3) is 0 Å². The minimum absolute atomic E-state index is 0.0914. The number of rotatable bonds is 5. The molecular weight excluding hydrogens is 348 g/mol. The van der Waals surface area contributed by atoms with Crippen molar-refractivity contribution in [2.24, 2.45) is 4.99 Å². The van der Waals surface area contributed by atoms with Crippen LogP contribution in [0.2, 0.25) is 0 Å². The molecule has 1 aliphatic rings. The Morgan fingerprint density at radius 3 is 2.69 bits per heavy atom. The minimum Gasteiger partial charge on any atom is -0.326 e. The SMILES string of the molecule is CCN1C(=O)C(CC(=O)Nc2ccc(C)cc2)SC1=Nc1ccccn1. The molecule has 6 nitrogen and oxygen atoms in total. The lowest BCUT2D eigenvalue weighted by molar-refractivity contribution is -0.128. The van der Waals surface area contributed by atoms with Crippen LogP contribution in [0.3, 0.4) is 0 Å². The molecule has 1 N–H and O–H groups in total. The van der Waals surface area contributed by atoms with E-state index in [1.165, 1.54) is 11.8 Å². The molecule has 134 valence electrons. The van der Waals surface area contributed by atoms with E-state index in [-0.39, 0.29) is 18.2 Å². The van der Waals surface area contributed by atoms with Gasteiger partial charge in [0.05, 0.1) is 0 Å². The van der Waals surface area contributed by atoms with Gasteiger partial charge in [-0.15, -0.1) is 0 Å². The van der Waals surface area contributed by atoms with Gasteiger partial charge in [0.1, 0.15) is 5.25 Å². The average molecular weight is 368 g/mol. The molecule has 1 unspecified atom stereocenters.